The third kappa shape index (κ3) is 2.12. The van der Waals surface area contributed by atoms with Crippen molar-refractivity contribution < 1.29 is 4.79 Å². The van der Waals surface area contributed by atoms with Crippen LogP contribution in [0.15, 0.2) is 6.20 Å². The van der Waals surface area contributed by atoms with Crippen LogP contribution in [0.2, 0.25) is 0 Å². The van der Waals surface area contributed by atoms with Crippen LogP contribution < -0.4 is 5.32 Å². The first-order valence-corrected chi connectivity index (χ1v) is 6.59. The van der Waals surface area contributed by atoms with Crippen LogP contribution in [0.1, 0.15) is 25.0 Å². The van der Waals surface area contributed by atoms with E-state index in [2.05, 4.69) is 15.6 Å². The fraction of sp³-hybridized carbons (Fsp3) is 0.750. The molecule has 2 atom stereocenters. The number of rotatable bonds is 2. The van der Waals surface area contributed by atoms with E-state index >= 15 is 0 Å². The smallest absolute Gasteiger partial charge is 0.223 e. The van der Waals surface area contributed by atoms with Gasteiger partial charge < -0.3 is 10.2 Å². The Kier molecular flexibility index (Phi) is 3.03. The van der Waals surface area contributed by atoms with E-state index in [-0.39, 0.29) is 5.91 Å². The molecule has 1 aromatic rings. The molecule has 1 aromatic heterocycles. The second-order valence-electron chi connectivity index (χ2n) is 5.26. The molecule has 18 heavy (non-hydrogen) atoms. The number of fused-ring (bicyclic) bond motifs is 1. The van der Waals surface area contributed by atoms with Gasteiger partial charge in [0.25, 0.3) is 0 Å². The Balaban J connectivity index is 1.76. The minimum Gasteiger partial charge on any atom is -0.333 e. The Bertz CT molecular complexity index is 443. The van der Waals surface area contributed by atoms with Crippen molar-refractivity contribution in [2.75, 3.05) is 13.1 Å². The number of piperidine rings is 2. The Labute approximate surface area is 106 Å². The molecule has 6 heteroatoms. The molecular formula is C12H19N5O. The summed E-state index contributed by atoms with van der Waals surface area (Å²) in [5.74, 6) is 0.872. The highest BCUT2D eigenvalue weighted by Gasteiger charge is 2.37. The zero-order chi connectivity index (χ0) is 12.5. The van der Waals surface area contributed by atoms with Gasteiger partial charge >= 0.3 is 0 Å². The molecule has 0 spiro atoms. The number of aryl methyl sites for hydroxylation is 1. The Morgan fingerprint density at radius 2 is 2.39 bits per heavy atom. The predicted molar refractivity (Wildman–Crippen MR) is 65.6 cm³/mol. The van der Waals surface area contributed by atoms with Gasteiger partial charge in [-0.15, -0.1) is 5.10 Å². The first-order chi connectivity index (χ1) is 8.74. The number of nitrogens with one attached hydrogen (secondary N) is 1. The van der Waals surface area contributed by atoms with E-state index in [1.54, 1.807) is 4.68 Å². The Morgan fingerprint density at radius 1 is 1.50 bits per heavy atom. The SMILES string of the molecule is Cn1cc(CN2C(=O)CCC3CNCCC32)nn1. The fourth-order valence-electron chi connectivity index (χ4n) is 3.10. The second-order valence-corrected chi connectivity index (χ2v) is 5.26. The van der Waals surface area contributed by atoms with Crippen LogP contribution >= 0.6 is 0 Å². The second kappa shape index (κ2) is 4.68. The molecule has 0 aromatic carbocycles. The van der Waals surface area contributed by atoms with Crippen LogP contribution in [-0.4, -0.2) is 44.9 Å². The molecule has 0 saturated carbocycles. The van der Waals surface area contributed by atoms with Crippen molar-refractivity contribution >= 4 is 5.91 Å². The highest BCUT2D eigenvalue weighted by atomic mass is 16.2. The first kappa shape index (κ1) is 11.6. The van der Waals surface area contributed by atoms with Crippen molar-refractivity contribution in [3.8, 4) is 0 Å². The van der Waals surface area contributed by atoms with E-state index in [9.17, 15) is 4.79 Å². The van der Waals surface area contributed by atoms with Gasteiger partial charge in [0.05, 0.1) is 6.54 Å². The molecule has 3 rings (SSSR count). The van der Waals surface area contributed by atoms with Gasteiger partial charge in [-0.3, -0.25) is 9.48 Å². The lowest BCUT2D eigenvalue weighted by molar-refractivity contribution is -0.140. The molecule has 1 N–H and O–H groups in total. The third-order valence-corrected chi connectivity index (χ3v) is 4.00. The number of hydrogen-bond acceptors (Lipinski definition) is 4. The summed E-state index contributed by atoms with van der Waals surface area (Å²) in [5.41, 5.74) is 0.880. The van der Waals surface area contributed by atoms with Crippen molar-refractivity contribution in [1.82, 2.24) is 25.2 Å². The standard InChI is InChI=1S/C12H19N5O/c1-16-7-10(14-15-16)8-17-11-4-5-13-6-9(11)2-3-12(17)18/h7,9,11,13H,2-6,8H2,1H3. The van der Waals surface area contributed by atoms with E-state index in [1.165, 1.54) is 0 Å². The highest BCUT2D eigenvalue weighted by Crippen LogP contribution is 2.29. The predicted octanol–water partition coefficient (Wildman–Crippen LogP) is -0.0844. The third-order valence-electron chi connectivity index (χ3n) is 4.00. The van der Waals surface area contributed by atoms with Gasteiger partial charge in [-0.25, -0.2) is 0 Å². The fourth-order valence-corrected chi connectivity index (χ4v) is 3.10. The van der Waals surface area contributed by atoms with Crippen molar-refractivity contribution in [2.45, 2.75) is 31.8 Å². The van der Waals surface area contributed by atoms with Crippen molar-refractivity contribution in [3.63, 3.8) is 0 Å². The number of carbonyl (C=O) groups excluding carboxylic acids is 1. The molecule has 3 heterocycles. The summed E-state index contributed by atoms with van der Waals surface area (Å²) in [6.07, 6.45) is 4.63. The van der Waals surface area contributed by atoms with E-state index in [4.69, 9.17) is 0 Å². The number of nitrogens with zero attached hydrogens (tertiary/aromatic N) is 4. The highest BCUT2D eigenvalue weighted by molar-refractivity contribution is 5.77. The molecule has 6 nitrogen and oxygen atoms in total. The molecule has 2 aliphatic heterocycles. The van der Waals surface area contributed by atoms with Gasteiger partial charge in [-0.05, 0) is 31.8 Å². The molecule has 0 radical (unpaired) electrons. The van der Waals surface area contributed by atoms with Crippen LogP contribution in [0.4, 0.5) is 0 Å². The minimum absolute atomic E-state index is 0.267. The van der Waals surface area contributed by atoms with Crippen LogP contribution in [0, 0.1) is 5.92 Å². The largest absolute Gasteiger partial charge is 0.333 e. The lowest BCUT2D eigenvalue weighted by Crippen LogP contribution is -2.54. The molecule has 1 amide bonds. The maximum absolute atomic E-state index is 12.1. The van der Waals surface area contributed by atoms with Crippen LogP contribution in [-0.2, 0) is 18.4 Å². The van der Waals surface area contributed by atoms with Gasteiger partial charge in [0, 0.05) is 25.7 Å². The summed E-state index contributed by atoms with van der Waals surface area (Å²) in [4.78, 5) is 14.1. The minimum atomic E-state index is 0.267. The maximum atomic E-state index is 12.1. The Morgan fingerprint density at radius 3 is 3.17 bits per heavy atom. The summed E-state index contributed by atoms with van der Waals surface area (Å²) < 4.78 is 1.68. The van der Waals surface area contributed by atoms with Crippen molar-refractivity contribution in [2.24, 2.45) is 13.0 Å². The molecule has 2 unspecified atom stereocenters. The summed E-state index contributed by atoms with van der Waals surface area (Å²) in [6, 6.07) is 0.384. The normalized spacial score (nSPS) is 28.3. The summed E-state index contributed by atoms with van der Waals surface area (Å²) in [7, 11) is 1.85. The lowest BCUT2D eigenvalue weighted by Gasteiger charge is -2.43. The van der Waals surface area contributed by atoms with Gasteiger partial charge in [0.15, 0.2) is 0 Å². The number of likely N-dealkylation sites (tertiary alicyclic amines) is 1. The van der Waals surface area contributed by atoms with Gasteiger partial charge in [0.1, 0.15) is 5.69 Å². The van der Waals surface area contributed by atoms with Crippen LogP contribution in [0.5, 0.6) is 0 Å². The van der Waals surface area contributed by atoms with Gasteiger partial charge in [-0.1, -0.05) is 5.21 Å². The quantitative estimate of drug-likeness (QED) is 0.796. The van der Waals surface area contributed by atoms with E-state index < -0.39 is 0 Å². The molecule has 98 valence electrons. The van der Waals surface area contributed by atoms with Crippen molar-refractivity contribution in [1.29, 1.82) is 0 Å². The van der Waals surface area contributed by atoms with Crippen LogP contribution in [0.25, 0.3) is 0 Å². The average molecular weight is 249 g/mol. The summed E-state index contributed by atoms with van der Waals surface area (Å²) >= 11 is 0. The summed E-state index contributed by atoms with van der Waals surface area (Å²) in [5, 5.41) is 11.4. The number of carbonyl (C=O) groups is 1. The molecule has 2 fully saturated rings. The van der Waals surface area contributed by atoms with E-state index in [0.717, 1.165) is 31.6 Å². The molecule has 0 bridgehead atoms. The molecule has 2 saturated heterocycles. The maximum Gasteiger partial charge on any atom is 0.223 e. The lowest BCUT2D eigenvalue weighted by atomic mass is 9.84. The zero-order valence-electron chi connectivity index (χ0n) is 10.7. The van der Waals surface area contributed by atoms with E-state index in [0.29, 0.717) is 24.9 Å². The molecule has 2 aliphatic rings. The molecule has 0 aliphatic carbocycles. The number of aromatic nitrogens is 3. The van der Waals surface area contributed by atoms with Gasteiger partial charge in [0.2, 0.25) is 5.91 Å². The van der Waals surface area contributed by atoms with E-state index in [1.807, 2.05) is 18.1 Å². The average Bonchev–Trinajstić information content (AvgIpc) is 2.79. The van der Waals surface area contributed by atoms with Gasteiger partial charge in [-0.2, -0.15) is 0 Å². The summed E-state index contributed by atoms with van der Waals surface area (Å²) in [6.45, 7) is 2.65. The zero-order valence-corrected chi connectivity index (χ0v) is 10.7. The number of amides is 1. The van der Waals surface area contributed by atoms with Crippen molar-refractivity contribution in [3.05, 3.63) is 11.9 Å². The Hall–Kier alpha value is -1.43. The topological polar surface area (TPSA) is 63.1 Å². The first-order valence-electron chi connectivity index (χ1n) is 6.59. The number of hydrogen-bond donors (Lipinski definition) is 1. The van der Waals surface area contributed by atoms with Crippen LogP contribution in [0.3, 0.4) is 0 Å². The monoisotopic (exact) mass is 249 g/mol. The molecular weight excluding hydrogens is 230 g/mol.